The molecular formula is C19H24F2N4O2S. The molecule has 1 aromatic carbocycles. The van der Waals surface area contributed by atoms with E-state index < -0.39 is 24.3 Å². The zero-order valence-electron chi connectivity index (χ0n) is 15.6. The first-order chi connectivity index (χ1) is 13.5. The Balaban J connectivity index is 1.69. The molecule has 0 aliphatic carbocycles. The largest absolute Gasteiger partial charge is 0.382 e. The van der Waals surface area contributed by atoms with E-state index in [2.05, 4.69) is 15.2 Å². The van der Waals surface area contributed by atoms with Crippen LogP contribution < -0.4 is 16.0 Å². The maximum absolute atomic E-state index is 12.9. The number of amides is 1. The van der Waals surface area contributed by atoms with Crippen molar-refractivity contribution in [3.8, 4) is 11.3 Å². The molecule has 1 fully saturated rings. The van der Waals surface area contributed by atoms with Crippen molar-refractivity contribution in [2.24, 2.45) is 11.7 Å². The van der Waals surface area contributed by atoms with Crippen LogP contribution in [0, 0.1) is 5.92 Å². The number of hydrogen-bond acceptors (Lipinski definition) is 6. The Kier molecular flexibility index (Phi) is 6.79. The van der Waals surface area contributed by atoms with E-state index in [-0.39, 0.29) is 6.61 Å². The SMILES string of the molecule is COC[C@H](Nc1nc(-c2cccc(N3CCC(C(F)F)CC3)c2)cs1)C(N)=O. The highest BCUT2D eigenvalue weighted by molar-refractivity contribution is 7.14. The van der Waals surface area contributed by atoms with Crippen molar-refractivity contribution in [1.29, 1.82) is 0 Å². The number of aromatic nitrogens is 1. The third-order valence-corrected chi connectivity index (χ3v) is 5.66. The molecule has 1 aromatic heterocycles. The Labute approximate surface area is 166 Å². The number of methoxy groups -OCH3 is 1. The highest BCUT2D eigenvalue weighted by Gasteiger charge is 2.26. The van der Waals surface area contributed by atoms with Gasteiger partial charge in [0.25, 0.3) is 0 Å². The first-order valence-electron chi connectivity index (χ1n) is 9.11. The van der Waals surface area contributed by atoms with Gasteiger partial charge in [0.15, 0.2) is 5.13 Å². The maximum Gasteiger partial charge on any atom is 0.242 e. The predicted molar refractivity (Wildman–Crippen MR) is 107 cm³/mol. The van der Waals surface area contributed by atoms with Crippen molar-refractivity contribution in [2.75, 3.05) is 37.0 Å². The Morgan fingerprint density at radius 1 is 1.43 bits per heavy atom. The van der Waals surface area contributed by atoms with Crippen molar-refractivity contribution in [3.05, 3.63) is 29.6 Å². The van der Waals surface area contributed by atoms with Crippen molar-refractivity contribution in [3.63, 3.8) is 0 Å². The lowest BCUT2D eigenvalue weighted by Crippen LogP contribution is -2.38. The zero-order chi connectivity index (χ0) is 20.1. The lowest BCUT2D eigenvalue weighted by atomic mass is 9.97. The number of nitrogens with zero attached hydrogens (tertiary/aromatic N) is 2. The molecule has 2 aromatic rings. The summed E-state index contributed by atoms with van der Waals surface area (Å²) in [5.41, 5.74) is 8.07. The second-order valence-corrected chi connectivity index (χ2v) is 7.66. The van der Waals surface area contributed by atoms with Crippen molar-refractivity contribution in [2.45, 2.75) is 25.3 Å². The molecule has 9 heteroatoms. The van der Waals surface area contributed by atoms with E-state index in [9.17, 15) is 13.6 Å². The topological polar surface area (TPSA) is 80.5 Å². The molecule has 0 unspecified atom stereocenters. The minimum absolute atomic E-state index is 0.161. The molecule has 1 aliphatic heterocycles. The molecule has 1 amide bonds. The van der Waals surface area contributed by atoms with Gasteiger partial charge < -0.3 is 20.7 Å². The number of carbonyl (C=O) groups excluding carboxylic acids is 1. The number of piperidine rings is 1. The summed E-state index contributed by atoms with van der Waals surface area (Å²) in [4.78, 5) is 18.1. The molecule has 0 radical (unpaired) electrons. The zero-order valence-corrected chi connectivity index (χ0v) is 16.4. The van der Waals surface area contributed by atoms with E-state index in [0.29, 0.717) is 31.1 Å². The van der Waals surface area contributed by atoms with E-state index in [1.165, 1.54) is 18.4 Å². The number of rotatable bonds is 8. The Morgan fingerprint density at radius 3 is 2.82 bits per heavy atom. The van der Waals surface area contributed by atoms with Gasteiger partial charge in [-0.3, -0.25) is 4.79 Å². The van der Waals surface area contributed by atoms with Gasteiger partial charge in [0.2, 0.25) is 12.3 Å². The maximum atomic E-state index is 12.9. The molecule has 3 rings (SSSR count). The normalized spacial score (nSPS) is 16.4. The number of nitrogens with two attached hydrogens (primary N) is 1. The molecular weight excluding hydrogens is 386 g/mol. The fourth-order valence-electron chi connectivity index (χ4n) is 3.25. The van der Waals surface area contributed by atoms with Crippen molar-refractivity contribution in [1.82, 2.24) is 4.98 Å². The molecule has 0 spiro atoms. The number of nitrogens with one attached hydrogen (secondary N) is 1. The molecule has 1 aliphatic rings. The van der Waals surface area contributed by atoms with E-state index in [4.69, 9.17) is 10.5 Å². The van der Waals surface area contributed by atoms with Gasteiger partial charge in [-0.05, 0) is 25.0 Å². The van der Waals surface area contributed by atoms with Crippen LogP contribution in [-0.4, -0.2) is 50.2 Å². The predicted octanol–water partition coefficient (Wildman–Crippen LogP) is 3.20. The van der Waals surface area contributed by atoms with E-state index in [1.807, 2.05) is 29.6 Å². The van der Waals surface area contributed by atoms with Crippen LogP contribution in [0.1, 0.15) is 12.8 Å². The third kappa shape index (κ3) is 4.96. The number of hydrogen-bond donors (Lipinski definition) is 2. The van der Waals surface area contributed by atoms with Gasteiger partial charge in [0.05, 0.1) is 12.3 Å². The summed E-state index contributed by atoms with van der Waals surface area (Å²) in [5.74, 6) is -1.01. The van der Waals surface area contributed by atoms with E-state index >= 15 is 0 Å². The molecule has 0 saturated carbocycles. The van der Waals surface area contributed by atoms with Crippen LogP contribution in [0.4, 0.5) is 19.6 Å². The second-order valence-electron chi connectivity index (χ2n) is 6.80. The lowest BCUT2D eigenvalue weighted by Gasteiger charge is -2.33. The lowest BCUT2D eigenvalue weighted by molar-refractivity contribution is -0.119. The van der Waals surface area contributed by atoms with Gasteiger partial charge in [-0.25, -0.2) is 13.8 Å². The molecule has 2 heterocycles. The third-order valence-electron chi connectivity index (χ3n) is 4.88. The van der Waals surface area contributed by atoms with Gasteiger partial charge in [-0.2, -0.15) is 0 Å². The summed E-state index contributed by atoms with van der Waals surface area (Å²) < 4.78 is 30.7. The summed E-state index contributed by atoms with van der Waals surface area (Å²) in [6.45, 7) is 1.41. The average Bonchev–Trinajstić information content (AvgIpc) is 3.16. The fraction of sp³-hybridized carbons (Fsp3) is 0.474. The van der Waals surface area contributed by atoms with Crippen LogP contribution >= 0.6 is 11.3 Å². The van der Waals surface area contributed by atoms with Crippen molar-refractivity contribution >= 4 is 28.1 Å². The quantitative estimate of drug-likeness (QED) is 0.699. The van der Waals surface area contributed by atoms with Gasteiger partial charge in [-0.15, -0.1) is 11.3 Å². The number of alkyl halides is 2. The number of carbonyl (C=O) groups is 1. The number of anilines is 2. The van der Waals surface area contributed by atoms with Crippen LogP contribution in [0.5, 0.6) is 0 Å². The van der Waals surface area contributed by atoms with Gasteiger partial charge in [-0.1, -0.05) is 12.1 Å². The van der Waals surface area contributed by atoms with Crippen LogP contribution in [0.2, 0.25) is 0 Å². The van der Waals surface area contributed by atoms with E-state index in [1.54, 1.807) is 0 Å². The fourth-order valence-corrected chi connectivity index (χ4v) is 4.03. The van der Waals surface area contributed by atoms with Crippen LogP contribution in [0.15, 0.2) is 29.6 Å². The number of benzene rings is 1. The van der Waals surface area contributed by atoms with Gasteiger partial charge in [0, 0.05) is 42.7 Å². The smallest absolute Gasteiger partial charge is 0.242 e. The monoisotopic (exact) mass is 410 g/mol. The summed E-state index contributed by atoms with van der Waals surface area (Å²) in [6, 6.07) is 7.25. The summed E-state index contributed by atoms with van der Waals surface area (Å²) >= 11 is 1.38. The molecule has 1 atom stereocenters. The molecule has 6 nitrogen and oxygen atoms in total. The molecule has 3 N–H and O–H groups in total. The Hall–Kier alpha value is -2.26. The first-order valence-corrected chi connectivity index (χ1v) is 9.99. The van der Waals surface area contributed by atoms with Gasteiger partial charge >= 0.3 is 0 Å². The Bertz CT molecular complexity index is 794. The highest BCUT2D eigenvalue weighted by Crippen LogP contribution is 2.31. The van der Waals surface area contributed by atoms with Crippen LogP contribution in [0.3, 0.4) is 0 Å². The Morgan fingerprint density at radius 2 is 2.18 bits per heavy atom. The molecule has 28 heavy (non-hydrogen) atoms. The molecule has 152 valence electrons. The summed E-state index contributed by atoms with van der Waals surface area (Å²) in [6.07, 6.45) is -1.24. The summed E-state index contributed by atoms with van der Waals surface area (Å²) in [7, 11) is 1.50. The number of ether oxygens (including phenoxy) is 1. The van der Waals surface area contributed by atoms with Crippen LogP contribution in [-0.2, 0) is 9.53 Å². The minimum atomic E-state index is -2.24. The van der Waals surface area contributed by atoms with Crippen LogP contribution in [0.25, 0.3) is 11.3 Å². The van der Waals surface area contributed by atoms with Gasteiger partial charge in [0.1, 0.15) is 6.04 Å². The number of halogens is 2. The second kappa shape index (κ2) is 9.29. The molecule has 0 bridgehead atoms. The van der Waals surface area contributed by atoms with Crippen molar-refractivity contribution < 1.29 is 18.3 Å². The highest BCUT2D eigenvalue weighted by atomic mass is 32.1. The number of primary amides is 1. The summed E-state index contributed by atoms with van der Waals surface area (Å²) in [5, 5.41) is 5.47. The first kappa shape index (κ1) is 20.5. The standard InChI is InChI=1S/C19H24F2N4O2S/c1-27-10-15(18(22)26)23-19-24-16(11-28-19)13-3-2-4-14(9-13)25-7-5-12(6-8-25)17(20)21/h2-4,9,11-12,15,17H,5-8,10H2,1H3,(H2,22,26)(H,23,24)/t15-/m0/s1. The average molecular weight is 410 g/mol. The number of thiazole rings is 1. The molecule has 1 saturated heterocycles. The van der Waals surface area contributed by atoms with E-state index in [0.717, 1.165) is 16.9 Å². The minimum Gasteiger partial charge on any atom is -0.382 e.